The Bertz CT molecular complexity index is 582. The lowest BCUT2D eigenvalue weighted by Gasteiger charge is -2.28. The predicted molar refractivity (Wildman–Crippen MR) is 68.5 cm³/mol. The van der Waals surface area contributed by atoms with Crippen molar-refractivity contribution in [3.63, 3.8) is 0 Å². The van der Waals surface area contributed by atoms with E-state index in [0.29, 0.717) is 5.39 Å². The number of hydrogen-bond acceptors (Lipinski definition) is 3. The number of nitrogens with zero attached hydrogens (tertiary/aromatic N) is 1. The molecule has 1 aromatic heterocycles. The minimum absolute atomic E-state index is 0.0325. The fraction of sp³-hybridized carbons (Fsp3) is 0.357. The standard InChI is InChI=1S/C14H15NO2/c16-13-7-10-17-14-11(13)5-4-6-12(14)15-8-2-1-3-9-15/h4-7,10H,1-3,8-9H2. The minimum atomic E-state index is 0.0325. The molecule has 1 aliphatic heterocycles. The second-order valence-electron chi connectivity index (χ2n) is 4.49. The van der Waals surface area contributed by atoms with Crippen LogP contribution in [0.4, 0.5) is 5.69 Å². The van der Waals surface area contributed by atoms with Gasteiger partial charge in [0, 0.05) is 19.2 Å². The molecule has 0 aliphatic carbocycles. The van der Waals surface area contributed by atoms with Crippen LogP contribution in [-0.4, -0.2) is 13.1 Å². The molecule has 0 radical (unpaired) electrons. The van der Waals surface area contributed by atoms with Crippen molar-refractivity contribution in [3.8, 4) is 0 Å². The Morgan fingerprint density at radius 3 is 2.71 bits per heavy atom. The van der Waals surface area contributed by atoms with Crippen molar-refractivity contribution in [2.45, 2.75) is 19.3 Å². The van der Waals surface area contributed by atoms with Crippen LogP contribution in [-0.2, 0) is 0 Å². The normalized spacial score (nSPS) is 16.4. The molecule has 2 aromatic rings. The fourth-order valence-corrected chi connectivity index (χ4v) is 2.48. The van der Waals surface area contributed by atoms with E-state index in [2.05, 4.69) is 4.90 Å². The van der Waals surface area contributed by atoms with E-state index in [1.54, 1.807) is 0 Å². The third-order valence-electron chi connectivity index (χ3n) is 3.36. The Hall–Kier alpha value is -1.77. The van der Waals surface area contributed by atoms with Crippen LogP contribution in [0.2, 0.25) is 0 Å². The number of fused-ring (bicyclic) bond motifs is 1. The van der Waals surface area contributed by atoms with Crippen LogP contribution >= 0.6 is 0 Å². The van der Waals surface area contributed by atoms with Gasteiger partial charge in [-0.25, -0.2) is 0 Å². The molecule has 0 atom stereocenters. The maximum absolute atomic E-state index is 11.7. The predicted octanol–water partition coefficient (Wildman–Crippen LogP) is 2.78. The second kappa shape index (κ2) is 4.24. The first kappa shape index (κ1) is 10.4. The molecule has 1 aromatic carbocycles. The third kappa shape index (κ3) is 1.82. The first-order valence-electron chi connectivity index (χ1n) is 6.12. The van der Waals surface area contributed by atoms with E-state index in [1.807, 2.05) is 18.2 Å². The van der Waals surface area contributed by atoms with Crippen LogP contribution in [0, 0.1) is 0 Å². The highest BCUT2D eigenvalue weighted by Gasteiger charge is 2.15. The van der Waals surface area contributed by atoms with E-state index in [4.69, 9.17) is 4.42 Å². The summed E-state index contributed by atoms with van der Waals surface area (Å²) < 4.78 is 5.54. The summed E-state index contributed by atoms with van der Waals surface area (Å²) in [6, 6.07) is 7.27. The van der Waals surface area contributed by atoms with Crippen LogP contribution in [0.1, 0.15) is 19.3 Å². The van der Waals surface area contributed by atoms with Gasteiger partial charge in [0.05, 0.1) is 17.3 Å². The highest BCUT2D eigenvalue weighted by molar-refractivity contribution is 5.88. The maximum Gasteiger partial charge on any atom is 0.192 e. The lowest BCUT2D eigenvalue weighted by atomic mass is 10.1. The molecular formula is C14H15NO2. The topological polar surface area (TPSA) is 33.5 Å². The number of hydrogen-bond donors (Lipinski definition) is 0. The second-order valence-corrected chi connectivity index (χ2v) is 4.49. The Kier molecular flexibility index (Phi) is 2.59. The molecule has 3 nitrogen and oxygen atoms in total. The van der Waals surface area contributed by atoms with Crippen molar-refractivity contribution in [3.05, 3.63) is 40.8 Å². The van der Waals surface area contributed by atoms with Crippen molar-refractivity contribution >= 4 is 16.7 Å². The Morgan fingerprint density at radius 1 is 1.06 bits per heavy atom. The monoisotopic (exact) mass is 229 g/mol. The summed E-state index contributed by atoms with van der Waals surface area (Å²) in [6.07, 6.45) is 5.21. The summed E-state index contributed by atoms with van der Waals surface area (Å²) in [5, 5.41) is 0.676. The van der Waals surface area contributed by atoms with Crippen LogP contribution in [0.5, 0.6) is 0 Å². The Balaban J connectivity index is 2.15. The molecule has 17 heavy (non-hydrogen) atoms. The van der Waals surface area contributed by atoms with Crippen LogP contribution in [0.25, 0.3) is 11.0 Å². The average Bonchev–Trinajstić information content (AvgIpc) is 2.40. The van der Waals surface area contributed by atoms with Gasteiger partial charge < -0.3 is 9.32 Å². The summed E-state index contributed by atoms with van der Waals surface area (Å²) in [5.74, 6) is 0. The van der Waals surface area contributed by atoms with Crippen molar-refractivity contribution in [2.75, 3.05) is 18.0 Å². The molecule has 0 unspecified atom stereocenters. The fourth-order valence-electron chi connectivity index (χ4n) is 2.48. The summed E-state index contributed by atoms with van der Waals surface area (Å²) in [6.45, 7) is 2.11. The number of para-hydroxylation sites is 1. The maximum atomic E-state index is 11.7. The summed E-state index contributed by atoms with van der Waals surface area (Å²) in [7, 11) is 0. The van der Waals surface area contributed by atoms with E-state index >= 15 is 0 Å². The summed E-state index contributed by atoms with van der Waals surface area (Å²) in [5.41, 5.74) is 1.81. The Labute approximate surface area is 99.7 Å². The lowest BCUT2D eigenvalue weighted by molar-refractivity contribution is 0.566. The molecule has 2 heterocycles. The highest BCUT2D eigenvalue weighted by atomic mass is 16.3. The van der Waals surface area contributed by atoms with Gasteiger partial charge in [0.25, 0.3) is 0 Å². The van der Waals surface area contributed by atoms with E-state index in [-0.39, 0.29) is 5.43 Å². The van der Waals surface area contributed by atoms with E-state index in [9.17, 15) is 4.79 Å². The number of anilines is 1. The van der Waals surface area contributed by atoms with Gasteiger partial charge in [-0.05, 0) is 31.4 Å². The molecule has 1 aliphatic rings. The van der Waals surface area contributed by atoms with Crippen molar-refractivity contribution in [1.29, 1.82) is 0 Å². The molecule has 0 amide bonds. The van der Waals surface area contributed by atoms with Gasteiger partial charge in [0.2, 0.25) is 0 Å². The molecule has 3 heteroatoms. The molecule has 0 saturated carbocycles. The lowest BCUT2D eigenvalue weighted by Crippen LogP contribution is -2.29. The van der Waals surface area contributed by atoms with Gasteiger partial charge in [-0.3, -0.25) is 4.79 Å². The van der Waals surface area contributed by atoms with Gasteiger partial charge in [-0.1, -0.05) is 6.07 Å². The SMILES string of the molecule is O=c1ccoc2c(N3CCCCC3)cccc12. The largest absolute Gasteiger partial charge is 0.462 e. The number of benzene rings is 1. The van der Waals surface area contributed by atoms with Crippen LogP contribution in [0.3, 0.4) is 0 Å². The quantitative estimate of drug-likeness (QED) is 0.754. The summed E-state index contributed by atoms with van der Waals surface area (Å²) >= 11 is 0. The van der Waals surface area contributed by atoms with Crippen molar-refractivity contribution in [1.82, 2.24) is 0 Å². The first-order chi connectivity index (χ1) is 8.36. The zero-order valence-electron chi connectivity index (χ0n) is 9.69. The highest BCUT2D eigenvalue weighted by Crippen LogP contribution is 2.27. The number of rotatable bonds is 1. The van der Waals surface area contributed by atoms with E-state index in [0.717, 1.165) is 24.4 Å². The zero-order valence-corrected chi connectivity index (χ0v) is 9.69. The van der Waals surface area contributed by atoms with Crippen LogP contribution in [0.15, 0.2) is 39.7 Å². The molecule has 3 rings (SSSR count). The van der Waals surface area contributed by atoms with Gasteiger partial charge in [-0.2, -0.15) is 0 Å². The van der Waals surface area contributed by atoms with Gasteiger partial charge >= 0.3 is 0 Å². The van der Waals surface area contributed by atoms with Gasteiger partial charge in [0.1, 0.15) is 0 Å². The molecule has 88 valence electrons. The van der Waals surface area contributed by atoms with Gasteiger partial charge in [0.15, 0.2) is 11.0 Å². The van der Waals surface area contributed by atoms with E-state index in [1.165, 1.54) is 31.6 Å². The Morgan fingerprint density at radius 2 is 1.88 bits per heavy atom. The molecule has 0 spiro atoms. The van der Waals surface area contributed by atoms with Crippen LogP contribution < -0.4 is 10.3 Å². The molecule has 0 bridgehead atoms. The zero-order chi connectivity index (χ0) is 11.7. The first-order valence-corrected chi connectivity index (χ1v) is 6.12. The van der Waals surface area contributed by atoms with E-state index < -0.39 is 0 Å². The minimum Gasteiger partial charge on any atom is -0.462 e. The number of piperidine rings is 1. The molecular weight excluding hydrogens is 214 g/mol. The third-order valence-corrected chi connectivity index (χ3v) is 3.36. The summed E-state index contributed by atoms with van der Waals surface area (Å²) in [4.78, 5) is 14.0. The van der Waals surface area contributed by atoms with Crippen molar-refractivity contribution in [2.24, 2.45) is 0 Å². The average molecular weight is 229 g/mol. The molecule has 0 N–H and O–H groups in total. The molecule has 1 saturated heterocycles. The van der Waals surface area contributed by atoms with Crippen molar-refractivity contribution < 1.29 is 4.42 Å². The smallest absolute Gasteiger partial charge is 0.192 e. The van der Waals surface area contributed by atoms with Gasteiger partial charge in [-0.15, -0.1) is 0 Å². The molecule has 1 fully saturated rings.